The summed E-state index contributed by atoms with van der Waals surface area (Å²) in [6.45, 7) is -0.173. The number of rotatable bonds is 5. The molecule has 0 bridgehead atoms. The van der Waals surface area contributed by atoms with Gasteiger partial charge in [0.25, 0.3) is 0 Å². The molecule has 0 saturated heterocycles. The zero-order valence-corrected chi connectivity index (χ0v) is 9.52. The fourth-order valence-corrected chi connectivity index (χ4v) is 1.52. The van der Waals surface area contributed by atoms with Crippen molar-refractivity contribution in [3.63, 3.8) is 0 Å². The first-order valence-electron chi connectivity index (χ1n) is 4.93. The summed E-state index contributed by atoms with van der Waals surface area (Å²) in [4.78, 5) is 0.241. The molecular formula is C11H15NO3S. The van der Waals surface area contributed by atoms with Gasteiger partial charge in [0.05, 0.1) is 6.10 Å². The van der Waals surface area contributed by atoms with E-state index < -0.39 is 12.2 Å². The predicted octanol–water partition coefficient (Wildman–Crippen LogP) is 0.0975. The van der Waals surface area contributed by atoms with Crippen LogP contribution in [0.1, 0.15) is 23.7 Å². The number of aliphatic hydroxyl groups is 3. The summed E-state index contributed by atoms with van der Waals surface area (Å²) in [7, 11) is 0. The van der Waals surface area contributed by atoms with Gasteiger partial charge in [-0.1, -0.05) is 30.4 Å². The van der Waals surface area contributed by atoms with Gasteiger partial charge in [0.2, 0.25) is 0 Å². The molecule has 0 aromatic heterocycles. The second-order valence-corrected chi connectivity index (χ2v) is 3.95. The quantitative estimate of drug-likeness (QED) is 0.549. The van der Waals surface area contributed by atoms with Crippen LogP contribution in [0.25, 0.3) is 0 Å². The molecule has 0 aliphatic rings. The molecule has 2 atom stereocenters. The first-order chi connectivity index (χ1) is 7.56. The highest BCUT2D eigenvalue weighted by molar-refractivity contribution is 7.80. The van der Waals surface area contributed by atoms with Crippen LogP contribution < -0.4 is 5.73 Å². The van der Waals surface area contributed by atoms with Crippen molar-refractivity contribution in [1.82, 2.24) is 0 Å². The summed E-state index contributed by atoms with van der Waals surface area (Å²) < 4.78 is 0. The predicted molar refractivity (Wildman–Crippen MR) is 65.0 cm³/mol. The van der Waals surface area contributed by atoms with E-state index in [1.807, 2.05) is 0 Å². The third-order valence-corrected chi connectivity index (χ3v) is 2.54. The molecule has 0 saturated carbocycles. The van der Waals surface area contributed by atoms with Crippen LogP contribution in [-0.4, -0.2) is 33.0 Å². The molecule has 5 N–H and O–H groups in total. The molecule has 0 aliphatic heterocycles. The zero-order valence-electron chi connectivity index (χ0n) is 8.71. The van der Waals surface area contributed by atoms with E-state index in [0.717, 1.165) is 0 Å². The first kappa shape index (κ1) is 13.1. The normalized spacial score (nSPS) is 14.4. The highest BCUT2D eigenvalue weighted by Crippen LogP contribution is 2.19. The van der Waals surface area contributed by atoms with Gasteiger partial charge < -0.3 is 21.1 Å². The Morgan fingerprint density at radius 3 is 2.62 bits per heavy atom. The van der Waals surface area contributed by atoms with E-state index in [2.05, 4.69) is 0 Å². The molecule has 88 valence electrons. The summed E-state index contributed by atoms with van der Waals surface area (Å²) in [6, 6.07) is 6.75. The first-order valence-corrected chi connectivity index (χ1v) is 5.34. The molecule has 0 aliphatic carbocycles. The minimum atomic E-state index is -1.04. The average Bonchev–Trinajstić information content (AvgIpc) is 2.28. The largest absolute Gasteiger partial charge is 0.396 e. The minimum Gasteiger partial charge on any atom is -0.396 e. The molecule has 1 aromatic rings. The third-order valence-electron chi connectivity index (χ3n) is 2.30. The smallest absolute Gasteiger partial charge is 0.105 e. The summed E-state index contributed by atoms with van der Waals surface area (Å²) in [5.74, 6) is 0. The molecule has 0 spiro atoms. The molecular weight excluding hydrogens is 226 g/mol. The van der Waals surface area contributed by atoms with Gasteiger partial charge >= 0.3 is 0 Å². The minimum absolute atomic E-state index is 0.123. The van der Waals surface area contributed by atoms with Crippen molar-refractivity contribution in [2.45, 2.75) is 18.6 Å². The monoisotopic (exact) mass is 241 g/mol. The second kappa shape index (κ2) is 5.91. The molecule has 0 heterocycles. The Balaban J connectivity index is 2.86. The summed E-state index contributed by atoms with van der Waals surface area (Å²) in [5, 5.41) is 28.0. The molecule has 4 nitrogen and oxygen atoms in total. The highest BCUT2D eigenvalue weighted by Gasteiger charge is 2.18. The molecule has 0 amide bonds. The standard InChI is InChI=1S/C11H15NO3S/c12-11(16)8-3-1-2-7(6-8)10(15)9(14)4-5-13/h1-3,6,9-10,13-15H,4-5H2,(H2,12,16). The van der Waals surface area contributed by atoms with Crippen molar-refractivity contribution in [3.05, 3.63) is 35.4 Å². The molecule has 1 aromatic carbocycles. The van der Waals surface area contributed by atoms with Crippen molar-refractivity contribution in [2.24, 2.45) is 5.73 Å². The van der Waals surface area contributed by atoms with Crippen molar-refractivity contribution >= 4 is 17.2 Å². The lowest BCUT2D eigenvalue weighted by molar-refractivity contribution is 0.00421. The number of aliphatic hydroxyl groups excluding tert-OH is 3. The lowest BCUT2D eigenvalue weighted by Gasteiger charge is -2.17. The van der Waals surface area contributed by atoms with E-state index in [4.69, 9.17) is 23.1 Å². The molecule has 16 heavy (non-hydrogen) atoms. The molecule has 5 heteroatoms. The highest BCUT2D eigenvalue weighted by atomic mass is 32.1. The Bertz CT molecular complexity index is 370. The molecule has 1 rings (SSSR count). The van der Waals surface area contributed by atoms with Gasteiger partial charge in [-0.25, -0.2) is 0 Å². The Morgan fingerprint density at radius 1 is 1.38 bits per heavy atom. The Hall–Kier alpha value is -1.01. The second-order valence-electron chi connectivity index (χ2n) is 3.51. The molecule has 2 unspecified atom stereocenters. The fraction of sp³-hybridized carbons (Fsp3) is 0.364. The van der Waals surface area contributed by atoms with E-state index in [9.17, 15) is 10.2 Å². The zero-order chi connectivity index (χ0) is 12.1. The van der Waals surface area contributed by atoms with Gasteiger partial charge in [0.15, 0.2) is 0 Å². The van der Waals surface area contributed by atoms with Crippen molar-refractivity contribution in [1.29, 1.82) is 0 Å². The van der Waals surface area contributed by atoms with Gasteiger partial charge in [0.1, 0.15) is 11.1 Å². The van der Waals surface area contributed by atoms with Crippen LogP contribution in [0, 0.1) is 0 Å². The van der Waals surface area contributed by atoms with Crippen LogP contribution >= 0.6 is 12.2 Å². The van der Waals surface area contributed by atoms with E-state index in [1.54, 1.807) is 24.3 Å². The maximum atomic E-state index is 9.78. The van der Waals surface area contributed by atoms with Crippen molar-refractivity contribution in [2.75, 3.05) is 6.61 Å². The summed E-state index contributed by atoms with van der Waals surface area (Å²) in [6.07, 6.45) is -1.91. The van der Waals surface area contributed by atoms with E-state index in [0.29, 0.717) is 11.1 Å². The van der Waals surface area contributed by atoms with Crippen molar-refractivity contribution < 1.29 is 15.3 Å². The number of thiocarbonyl (C=S) groups is 1. The van der Waals surface area contributed by atoms with Gasteiger partial charge in [-0.2, -0.15) is 0 Å². The lowest BCUT2D eigenvalue weighted by atomic mass is 10.0. The van der Waals surface area contributed by atoms with Gasteiger partial charge in [-0.3, -0.25) is 0 Å². The van der Waals surface area contributed by atoms with E-state index in [1.165, 1.54) is 0 Å². The maximum Gasteiger partial charge on any atom is 0.105 e. The summed E-state index contributed by atoms with van der Waals surface area (Å²) >= 11 is 4.82. The topological polar surface area (TPSA) is 86.7 Å². The van der Waals surface area contributed by atoms with Crippen LogP contribution in [-0.2, 0) is 0 Å². The fourth-order valence-electron chi connectivity index (χ4n) is 1.39. The lowest BCUT2D eigenvalue weighted by Crippen LogP contribution is -2.20. The number of benzene rings is 1. The Morgan fingerprint density at radius 2 is 2.06 bits per heavy atom. The number of nitrogens with two attached hydrogens (primary N) is 1. The third kappa shape index (κ3) is 3.24. The van der Waals surface area contributed by atoms with E-state index in [-0.39, 0.29) is 18.0 Å². The van der Waals surface area contributed by atoms with Crippen LogP contribution in [0.15, 0.2) is 24.3 Å². The number of hydrogen-bond acceptors (Lipinski definition) is 4. The van der Waals surface area contributed by atoms with Gasteiger partial charge in [-0.15, -0.1) is 0 Å². The SMILES string of the molecule is NC(=S)c1cccc(C(O)C(O)CCO)c1. The van der Waals surface area contributed by atoms with Gasteiger partial charge in [-0.05, 0) is 18.1 Å². The number of hydrogen-bond donors (Lipinski definition) is 4. The average molecular weight is 241 g/mol. The molecule has 0 fully saturated rings. The van der Waals surface area contributed by atoms with E-state index >= 15 is 0 Å². The molecule has 0 radical (unpaired) electrons. The summed E-state index contributed by atoms with van der Waals surface area (Å²) in [5.41, 5.74) is 6.64. The van der Waals surface area contributed by atoms with Crippen LogP contribution in [0.2, 0.25) is 0 Å². The Labute approximate surface area is 99.3 Å². The van der Waals surface area contributed by atoms with Gasteiger partial charge in [0, 0.05) is 12.2 Å². The van der Waals surface area contributed by atoms with Crippen molar-refractivity contribution in [3.8, 4) is 0 Å². The van der Waals surface area contributed by atoms with Crippen LogP contribution in [0.4, 0.5) is 0 Å². The Kier molecular flexibility index (Phi) is 4.82. The maximum absolute atomic E-state index is 9.78. The van der Waals surface area contributed by atoms with Crippen LogP contribution in [0.3, 0.4) is 0 Å². The van der Waals surface area contributed by atoms with Crippen LogP contribution in [0.5, 0.6) is 0 Å².